The van der Waals surface area contributed by atoms with Crippen LogP contribution >= 0.6 is 0 Å². The van der Waals surface area contributed by atoms with Crippen LogP contribution < -0.4 is 5.32 Å². The molecule has 1 saturated heterocycles. The number of nitrogens with one attached hydrogen (secondary N) is 1. The highest BCUT2D eigenvalue weighted by atomic mass is 16.2. The molecule has 0 spiro atoms. The second kappa shape index (κ2) is 4.56. The summed E-state index contributed by atoms with van der Waals surface area (Å²) < 4.78 is 0. The molecule has 1 aromatic carbocycles. The van der Waals surface area contributed by atoms with Crippen LogP contribution in [0.15, 0.2) is 30.3 Å². The lowest BCUT2D eigenvalue weighted by atomic mass is 9.76. The zero-order valence-corrected chi connectivity index (χ0v) is 10.3. The normalized spacial score (nSPS) is 31.0. The summed E-state index contributed by atoms with van der Waals surface area (Å²) in [4.78, 5) is 24.1. The number of hydrogen-bond acceptors (Lipinski definition) is 2. The van der Waals surface area contributed by atoms with Crippen molar-refractivity contribution in [1.82, 2.24) is 5.32 Å². The molecule has 2 fully saturated rings. The maximum atomic E-state index is 12.0. The van der Waals surface area contributed by atoms with Gasteiger partial charge in [0.05, 0.1) is 5.92 Å². The van der Waals surface area contributed by atoms with Gasteiger partial charge in [-0.25, -0.2) is 0 Å². The standard InChI is InChI=1S/C15H17NO2/c17-13-8-4-7-12-14(13)11(15(18)16-12)9-10-5-2-1-3-6-10/h1-3,5-6,11-12,14H,4,7-9H2,(H,16,18)/t11-,12+,14+/m0/s1. The minimum atomic E-state index is -0.162. The van der Waals surface area contributed by atoms with Gasteiger partial charge in [0, 0.05) is 18.4 Å². The van der Waals surface area contributed by atoms with Crippen molar-refractivity contribution in [1.29, 1.82) is 0 Å². The Morgan fingerprint density at radius 2 is 1.94 bits per heavy atom. The van der Waals surface area contributed by atoms with E-state index in [9.17, 15) is 9.59 Å². The second-order valence-corrected chi connectivity index (χ2v) is 5.30. The van der Waals surface area contributed by atoms with Gasteiger partial charge < -0.3 is 5.32 Å². The molecule has 0 radical (unpaired) electrons. The van der Waals surface area contributed by atoms with Gasteiger partial charge >= 0.3 is 0 Å². The summed E-state index contributed by atoms with van der Waals surface area (Å²) >= 11 is 0. The van der Waals surface area contributed by atoms with Crippen LogP contribution in [0.25, 0.3) is 0 Å². The maximum Gasteiger partial charge on any atom is 0.224 e. The van der Waals surface area contributed by atoms with Crippen LogP contribution in [-0.2, 0) is 16.0 Å². The van der Waals surface area contributed by atoms with E-state index in [1.54, 1.807) is 0 Å². The van der Waals surface area contributed by atoms with Crippen LogP contribution in [0.5, 0.6) is 0 Å². The summed E-state index contributed by atoms with van der Waals surface area (Å²) in [5.41, 5.74) is 1.14. The molecule has 2 aliphatic rings. The number of benzene rings is 1. The molecule has 1 amide bonds. The Morgan fingerprint density at radius 3 is 2.72 bits per heavy atom. The molecule has 1 heterocycles. The first-order valence-corrected chi connectivity index (χ1v) is 6.63. The molecule has 18 heavy (non-hydrogen) atoms. The predicted molar refractivity (Wildman–Crippen MR) is 67.9 cm³/mol. The van der Waals surface area contributed by atoms with Crippen molar-refractivity contribution < 1.29 is 9.59 Å². The Hall–Kier alpha value is -1.64. The fraction of sp³-hybridized carbons (Fsp3) is 0.467. The lowest BCUT2D eigenvalue weighted by Crippen LogP contribution is -2.36. The van der Waals surface area contributed by atoms with Crippen LogP contribution in [0, 0.1) is 11.8 Å². The molecule has 1 aromatic rings. The zero-order valence-electron chi connectivity index (χ0n) is 10.3. The van der Waals surface area contributed by atoms with Gasteiger partial charge in [-0.05, 0) is 24.8 Å². The van der Waals surface area contributed by atoms with Crippen LogP contribution in [0.2, 0.25) is 0 Å². The zero-order chi connectivity index (χ0) is 12.5. The molecule has 1 saturated carbocycles. The van der Waals surface area contributed by atoms with E-state index in [2.05, 4.69) is 5.32 Å². The van der Waals surface area contributed by atoms with Crippen molar-refractivity contribution in [2.75, 3.05) is 0 Å². The second-order valence-electron chi connectivity index (χ2n) is 5.30. The van der Waals surface area contributed by atoms with E-state index in [1.165, 1.54) is 0 Å². The first-order valence-electron chi connectivity index (χ1n) is 6.63. The van der Waals surface area contributed by atoms with Crippen molar-refractivity contribution in [3.63, 3.8) is 0 Å². The first kappa shape index (κ1) is 11.5. The van der Waals surface area contributed by atoms with Crippen molar-refractivity contribution in [2.24, 2.45) is 11.8 Å². The van der Waals surface area contributed by atoms with Gasteiger partial charge in [0.1, 0.15) is 5.78 Å². The number of amides is 1. The molecule has 1 aliphatic heterocycles. The molecule has 0 unspecified atom stereocenters. The van der Waals surface area contributed by atoms with Crippen LogP contribution in [0.4, 0.5) is 0 Å². The largest absolute Gasteiger partial charge is 0.352 e. The molecule has 3 atom stereocenters. The smallest absolute Gasteiger partial charge is 0.224 e. The first-order chi connectivity index (χ1) is 8.75. The van der Waals surface area contributed by atoms with E-state index >= 15 is 0 Å². The summed E-state index contributed by atoms with van der Waals surface area (Å²) in [6, 6.07) is 10.0. The maximum absolute atomic E-state index is 12.0. The summed E-state index contributed by atoms with van der Waals surface area (Å²) in [6.45, 7) is 0. The van der Waals surface area contributed by atoms with Crippen molar-refractivity contribution >= 4 is 11.7 Å². The molecule has 3 nitrogen and oxygen atoms in total. The van der Waals surface area contributed by atoms with E-state index in [0.29, 0.717) is 12.8 Å². The van der Waals surface area contributed by atoms with Gasteiger partial charge in [0.25, 0.3) is 0 Å². The average molecular weight is 243 g/mol. The van der Waals surface area contributed by atoms with Crippen LogP contribution in [0.1, 0.15) is 24.8 Å². The number of carbonyl (C=O) groups excluding carboxylic acids is 2. The third-order valence-corrected chi connectivity index (χ3v) is 4.14. The molecule has 3 heteroatoms. The highest BCUT2D eigenvalue weighted by Crippen LogP contribution is 2.34. The van der Waals surface area contributed by atoms with Crippen molar-refractivity contribution in [3.8, 4) is 0 Å². The van der Waals surface area contributed by atoms with E-state index in [0.717, 1.165) is 18.4 Å². The molecular formula is C15H17NO2. The minimum Gasteiger partial charge on any atom is -0.352 e. The molecule has 1 aliphatic carbocycles. The van der Waals surface area contributed by atoms with E-state index in [4.69, 9.17) is 0 Å². The molecular weight excluding hydrogens is 226 g/mol. The Labute approximate surface area is 107 Å². The highest BCUT2D eigenvalue weighted by Gasteiger charge is 2.47. The lowest BCUT2D eigenvalue weighted by Gasteiger charge is -2.25. The number of ketones is 1. The van der Waals surface area contributed by atoms with Gasteiger partial charge in [0.15, 0.2) is 0 Å². The van der Waals surface area contributed by atoms with Gasteiger partial charge in [-0.1, -0.05) is 30.3 Å². The number of hydrogen-bond donors (Lipinski definition) is 1. The van der Waals surface area contributed by atoms with Crippen molar-refractivity contribution in [2.45, 2.75) is 31.7 Å². The van der Waals surface area contributed by atoms with Gasteiger partial charge in [0.2, 0.25) is 5.91 Å². The summed E-state index contributed by atoms with van der Waals surface area (Å²) in [6.07, 6.45) is 3.19. The minimum absolute atomic E-state index is 0.0594. The van der Waals surface area contributed by atoms with Crippen LogP contribution in [0.3, 0.4) is 0 Å². The third-order valence-electron chi connectivity index (χ3n) is 4.14. The Balaban J connectivity index is 1.82. The fourth-order valence-corrected chi connectivity index (χ4v) is 3.27. The average Bonchev–Trinajstić information content (AvgIpc) is 2.69. The predicted octanol–water partition coefficient (Wildman–Crippen LogP) is 1.71. The summed E-state index contributed by atoms with van der Waals surface area (Å²) in [5.74, 6) is 0.0753. The van der Waals surface area contributed by atoms with Crippen LogP contribution in [-0.4, -0.2) is 17.7 Å². The Morgan fingerprint density at radius 1 is 1.17 bits per heavy atom. The molecule has 3 rings (SSSR count). The Bertz CT molecular complexity index is 469. The molecule has 0 bridgehead atoms. The SMILES string of the molecule is O=C1CCC[C@H]2NC(=O)[C@@H](Cc3ccccc3)[C@@H]12. The van der Waals surface area contributed by atoms with Gasteiger partial charge in [-0.15, -0.1) is 0 Å². The topological polar surface area (TPSA) is 46.2 Å². The highest BCUT2D eigenvalue weighted by molar-refractivity contribution is 5.93. The number of fused-ring (bicyclic) bond motifs is 1. The molecule has 94 valence electrons. The monoisotopic (exact) mass is 243 g/mol. The van der Waals surface area contributed by atoms with Gasteiger partial charge in [-0.2, -0.15) is 0 Å². The molecule has 1 N–H and O–H groups in total. The summed E-state index contributed by atoms with van der Waals surface area (Å²) in [5, 5.41) is 3.00. The fourth-order valence-electron chi connectivity index (χ4n) is 3.27. The van der Waals surface area contributed by atoms with Crippen molar-refractivity contribution in [3.05, 3.63) is 35.9 Å². The summed E-state index contributed by atoms with van der Waals surface area (Å²) in [7, 11) is 0. The van der Waals surface area contributed by atoms with E-state index in [1.807, 2.05) is 30.3 Å². The number of Topliss-reactive ketones (excluding diaryl/α,β-unsaturated/α-hetero) is 1. The molecule has 0 aromatic heterocycles. The number of rotatable bonds is 2. The third kappa shape index (κ3) is 1.94. The lowest BCUT2D eigenvalue weighted by molar-refractivity contribution is -0.129. The van der Waals surface area contributed by atoms with Gasteiger partial charge in [-0.3, -0.25) is 9.59 Å². The number of carbonyl (C=O) groups is 2. The van der Waals surface area contributed by atoms with E-state index < -0.39 is 0 Å². The van der Waals surface area contributed by atoms with E-state index in [-0.39, 0.29) is 29.6 Å². The quantitative estimate of drug-likeness (QED) is 0.859. The Kier molecular flexibility index (Phi) is 2.90.